The predicted molar refractivity (Wildman–Crippen MR) is 65.2 cm³/mol. The largest absolute Gasteiger partial charge is 0.487 e. The van der Waals surface area contributed by atoms with Crippen LogP contribution in [0.5, 0.6) is 5.06 Å². The summed E-state index contributed by atoms with van der Waals surface area (Å²) in [7, 11) is 1.67. The Hall–Kier alpha value is -0.380. The van der Waals surface area contributed by atoms with Gasteiger partial charge in [0.05, 0.1) is 7.11 Å². The van der Waals surface area contributed by atoms with E-state index in [1.807, 2.05) is 18.2 Å². The minimum atomic E-state index is 0.505. The van der Waals surface area contributed by atoms with Crippen molar-refractivity contribution in [1.29, 1.82) is 0 Å². The topological polar surface area (TPSA) is 9.23 Å². The minimum Gasteiger partial charge on any atom is -0.487 e. The Morgan fingerprint density at radius 1 is 1.43 bits per heavy atom. The Kier molecular flexibility index (Phi) is 2.91. The standard InChI is InChI=1S/C10H9ClOS2/c1-12-10-4-8-6(5-11)2-7(13)3-9(8)14-10/h2-4,13H,5H2,1H3. The molecule has 0 fully saturated rings. The van der Waals surface area contributed by atoms with Crippen LogP contribution in [0.4, 0.5) is 0 Å². The average molecular weight is 245 g/mol. The second-order valence-electron chi connectivity index (χ2n) is 2.92. The van der Waals surface area contributed by atoms with Gasteiger partial charge in [-0.2, -0.15) is 0 Å². The monoisotopic (exact) mass is 244 g/mol. The Balaban J connectivity index is 2.71. The number of alkyl halides is 1. The predicted octanol–water partition coefficient (Wildman–Crippen LogP) is 3.94. The molecule has 0 aliphatic rings. The quantitative estimate of drug-likeness (QED) is 0.622. The molecule has 1 nitrogen and oxygen atoms in total. The molecule has 0 bridgehead atoms. The molecule has 1 aromatic carbocycles. The summed E-state index contributed by atoms with van der Waals surface area (Å²) in [5, 5.41) is 2.07. The number of hydrogen-bond donors (Lipinski definition) is 1. The fraction of sp³-hybridized carbons (Fsp3) is 0.200. The number of ether oxygens (including phenoxy) is 1. The van der Waals surface area contributed by atoms with Crippen LogP contribution in [0.2, 0.25) is 0 Å². The molecule has 0 atom stereocenters. The molecule has 2 aromatic rings. The Morgan fingerprint density at radius 2 is 2.21 bits per heavy atom. The smallest absolute Gasteiger partial charge is 0.174 e. The number of benzene rings is 1. The van der Waals surface area contributed by atoms with Gasteiger partial charge in [0.1, 0.15) is 0 Å². The number of halogens is 1. The highest BCUT2D eigenvalue weighted by Gasteiger charge is 2.07. The lowest BCUT2D eigenvalue weighted by Gasteiger charge is -1.99. The summed E-state index contributed by atoms with van der Waals surface area (Å²) in [6.45, 7) is 0. The van der Waals surface area contributed by atoms with Crippen molar-refractivity contribution in [1.82, 2.24) is 0 Å². The summed E-state index contributed by atoms with van der Waals surface area (Å²) in [6.07, 6.45) is 0. The fourth-order valence-electron chi connectivity index (χ4n) is 1.38. The van der Waals surface area contributed by atoms with E-state index in [1.54, 1.807) is 18.4 Å². The lowest BCUT2D eigenvalue weighted by Crippen LogP contribution is -1.79. The third kappa shape index (κ3) is 1.72. The van der Waals surface area contributed by atoms with Gasteiger partial charge >= 0.3 is 0 Å². The zero-order valence-corrected chi connectivity index (χ0v) is 10.0. The number of rotatable bonds is 2. The first-order valence-electron chi connectivity index (χ1n) is 4.10. The molecule has 4 heteroatoms. The second-order valence-corrected chi connectivity index (χ2v) is 4.75. The summed E-state index contributed by atoms with van der Waals surface area (Å²) in [5.41, 5.74) is 1.11. The lowest BCUT2D eigenvalue weighted by atomic mass is 10.1. The van der Waals surface area contributed by atoms with Gasteiger partial charge in [0, 0.05) is 20.9 Å². The summed E-state index contributed by atoms with van der Waals surface area (Å²) < 4.78 is 6.36. The molecule has 0 aliphatic heterocycles. The van der Waals surface area contributed by atoms with Crippen molar-refractivity contribution < 1.29 is 4.74 Å². The molecule has 0 amide bonds. The zero-order chi connectivity index (χ0) is 10.1. The van der Waals surface area contributed by atoms with E-state index in [4.69, 9.17) is 16.3 Å². The van der Waals surface area contributed by atoms with Crippen LogP contribution in [-0.2, 0) is 5.88 Å². The third-order valence-corrected chi connectivity index (χ3v) is 3.62. The molecule has 0 unspecified atom stereocenters. The van der Waals surface area contributed by atoms with Gasteiger partial charge < -0.3 is 4.74 Å². The molecule has 1 heterocycles. The Morgan fingerprint density at radius 3 is 2.86 bits per heavy atom. The van der Waals surface area contributed by atoms with Crippen LogP contribution in [0.3, 0.4) is 0 Å². The molecule has 74 valence electrons. The number of methoxy groups -OCH3 is 1. The molecular weight excluding hydrogens is 236 g/mol. The van der Waals surface area contributed by atoms with Gasteiger partial charge in [0.15, 0.2) is 5.06 Å². The number of thiol groups is 1. The first kappa shape index (κ1) is 10.1. The van der Waals surface area contributed by atoms with Crippen LogP contribution >= 0.6 is 35.6 Å². The second kappa shape index (κ2) is 4.01. The highest BCUT2D eigenvalue weighted by atomic mass is 35.5. The molecule has 0 spiro atoms. The number of hydrogen-bond acceptors (Lipinski definition) is 3. The lowest BCUT2D eigenvalue weighted by molar-refractivity contribution is 0.427. The maximum Gasteiger partial charge on any atom is 0.174 e. The van der Waals surface area contributed by atoms with Crippen molar-refractivity contribution in [3.05, 3.63) is 23.8 Å². The van der Waals surface area contributed by atoms with E-state index in [-0.39, 0.29) is 0 Å². The van der Waals surface area contributed by atoms with Crippen LogP contribution in [-0.4, -0.2) is 7.11 Å². The average Bonchev–Trinajstić information content (AvgIpc) is 2.59. The molecular formula is C10H9ClOS2. The molecule has 2 rings (SSSR count). The SMILES string of the molecule is COc1cc2c(CCl)cc(S)cc2s1. The van der Waals surface area contributed by atoms with E-state index in [2.05, 4.69) is 12.6 Å². The van der Waals surface area contributed by atoms with Crippen molar-refractivity contribution in [3.63, 3.8) is 0 Å². The third-order valence-electron chi connectivity index (χ3n) is 2.03. The normalized spacial score (nSPS) is 10.8. The van der Waals surface area contributed by atoms with E-state index >= 15 is 0 Å². The molecule has 0 saturated heterocycles. The zero-order valence-electron chi connectivity index (χ0n) is 7.58. The first-order chi connectivity index (χ1) is 6.74. The van der Waals surface area contributed by atoms with Crippen LogP contribution in [0.15, 0.2) is 23.1 Å². The maximum absolute atomic E-state index is 5.86. The van der Waals surface area contributed by atoms with Crippen LogP contribution in [0, 0.1) is 0 Å². The van der Waals surface area contributed by atoms with Gasteiger partial charge in [-0.1, -0.05) is 11.3 Å². The highest BCUT2D eigenvalue weighted by Crippen LogP contribution is 2.35. The van der Waals surface area contributed by atoms with Crippen molar-refractivity contribution in [2.45, 2.75) is 10.8 Å². The van der Waals surface area contributed by atoms with Crippen molar-refractivity contribution in [3.8, 4) is 5.06 Å². The van der Waals surface area contributed by atoms with Crippen molar-refractivity contribution in [2.75, 3.05) is 7.11 Å². The van der Waals surface area contributed by atoms with E-state index in [1.165, 1.54) is 10.1 Å². The van der Waals surface area contributed by atoms with Gasteiger partial charge in [0.2, 0.25) is 0 Å². The molecule has 0 N–H and O–H groups in total. The summed E-state index contributed by atoms with van der Waals surface area (Å²) in [5.74, 6) is 0.505. The Labute approximate surface area is 97.1 Å². The van der Waals surface area contributed by atoms with Crippen LogP contribution in [0.25, 0.3) is 10.1 Å². The van der Waals surface area contributed by atoms with Gasteiger partial charge in [-0.15, -0.1) is 24.2 Å². The first-order valence-corrected chi connectivity index (χ1v) is 5.90. The Bertz CT molecular complexity index is 464. The molecule has 0 aliphatic carbocycles. The van der Waals surface area contributed by atoms with Crippen molar-refractivity contribution in [2.24, 2.45) is 0 Å². The molecule has 1 aromatic heterocycles. The molecule has 0 saturated carbocycles. The number of fused-ring (bicyclic) bond motifs is 1. The molecule has 0 radical (unpaired) electrons. The summed E-state index contributed by atoms with van der Waals surface area (Å²) in [6, 6.07) is 6.04. The molecule has 14 heavy (non-hydrogen) atoms. The van der Waals surface area contributed by atoms with E-state index in [0.717, 1.165) is 15.5 Å². The van der Waals surface area contributed by atoms with Crippen LogP contribution in [0.1, 0.15) is 5.56 Å². The van der Waals surface area contributed by atoms with E-state index < -0.39 is 0 Å². The van der Waals surface area contributed by atoms with Gasteiger partial charge in [-0.05, 0) is 23.8 Å². The van der Waals surface area contributed by atoms with Gasteiger partial charge in [-0.25, -0.2) is 0 Å². The van der Waals surface area contributed by atoms with Crippen LogP contribution < -0.4 is 4.74 Å². The van der Waals surface area contributed by atoms with Crippen molar-refractivity contribution >= 4 is 45.7 Å². The van der Waals surface area contributed by atoms with Gasteiger partial charge in [-0.3, -0.25) is 0 Å². The van der Waals surface area contributed by atoms with E-state index in [0.29, 0.717) is 5.88 Å². The number of thiophene rings is 1. The summed E-state index contributed by atoms with van der Waals surface area (Å²) in [4.78, 5) is 0.942. The highest BCUT2D eigenvalue weighted by molar-refractivity contribution is 7.80. The van der Waals surface area contributed by atoms with Gasteiger partial charge in [0.25, 0.3) is 0 Å². The minimum absolute atomic E-state index is 0.505. The summed E-state index contributed by atoms with van der Waals surface area (Å²) >= 11 is 11.8. The maximum atomic E-state index is 5.86. The van der Waals surface area contributed by atoms with E-state index in [9.17, 15) is 0 Å². The fourth-order valence-corrected chi connectivity index (χ4v) is 2.94.